The first kappa shape index (κ1) is 43.7. The summed E-state index contributed by atoms with van der Waals surface area (Å²) in [5.41, 5.74) is 0. The third kappa shape index (κ3) is 10.1. The highest BCUT2D eigenvalue weighted by Gasteiger charge is 2.49. The Labute approximate surface area is 355 Å². The predicted molar refractivity (Wildman–Crippen MR) is 252 cm³/mol. The Morgan fingerprint density at radius 3 is 0.667 bits per heavy atom. The van der Waals surface area contributed by atoms with Crippen LogP contribution in [-0.4, -0.2) is 20.6 Å². The predicted octanol–water partition coefficient (Wildman–Crippen LogP) is 7.07. The maximum absolute atomic E-state index is 9.89. The first-order valence-electron chi connectivity index (χ1n) is 20.0. The Morgan fingerprint density at radius 2 is 0.500 bits per heavy atom. The van der Waals surface area contributed by atoms with Gasteiger partial charge in [-0.25, -0.2) is 0 Å². The third-order valence-corrected chi connectivity index (χ3v) is 18.5. The van der Waals surface area contributed by atoms with E-state index in [0.717, 1.165) is 11.5 Å². The maximum Gasteiger partial charge on any atom is 0.144 e. The van der Waals surface area contributed by atoms with Crippen LogP contribution in [-0.2, 0) is 0 Å². The van der Waals surface area contributed by atoms with E-state index in [-0.39, 0.29) is 0 Å². The maximum atomic E-state index is 9.89. The molecule has 300 valence electrons. The van der Waals surface area contributed by atoms with Gasteiger partial charge in [0, 0.05) is 0 Å². The molecule has 0 saturated carbocycles. The van der Waals surface area contributed by atoms with Crippen molar-refractivity contribution in [3.63, 3.8) is 0 Å². The molecule has 0 heterocycles. The highest BCUT2D eigenvalue weighted by atomic mass is 31.2. The smallest absolute Gasteiger partial charge is 0.144 e. The first-order chi connectivity index (χ1) is 29.4. The Kier molecular flexibility index (Phi) is 16.0. The minimum atomic E-state index is -3.17. The van der Waals surface area contributed by atoms with Crippen LogP contribution in [0.1, 0.15) is 13.8 Å². The summed E-state index contributed by atoms with van der Waals surface area (Å²) in [5.74, 6) is 1.83. The Hall–Kier alpha value is -5.87. The van der Waals surface area contributed by atoms with Crippen LogP contribution in [0.2, 0.25) is 0 Å². The Balaban J connectivity index is 0.000000185. The van der Waals surface area contributed by atoms with Gasteiger partial charge < -0.3 is 23.8 Å². The van der Waals surface area contributed by atoms with Crippen LogP contribution in [0.5, 0.6) is 11.5 Å². The number of rotatable bonds is 12. The lowest BCUT2D eigenvalue weighted by Gasteiger charge is -2.27. The summed E-state index contributed by atoms with van der Waals surface area (Å²) in [4.78, 5) is 0. The minimum Gasteiger partial charge on any atom is -0.867 e. The van der Waals surface area contributed by atoms with Crippen LogP contribution in [0.25, 0.3) is 0 Å². The van der Waals surface area contributed by atoms with Crippen LogP contribution >= 0.6 is 14.5 Å². The number of benzene rings is 8. The Morgan fingerprint density at radius 1 is 0.333 bits per heavy atom. The van der Waals surface area contributed by atoms with Crippen molar-refractivity contribution in [2.24, 2.45) is 0 Å². The summed E-state index contributed by atoms with van der Waals surface area (Å²) in [6, 6.07) is 82.8. The van der Waals surface area contributed by atoms with Crippen molar-refractivity contribution in [3.05, 3.63) is 231 Å². The molecule has 0 aliphatic carbocycles. The second-order valence-corrected chi connectivity index (χ2v) is 20.3. The van der Waals surface area contributed by atoms with Gasteiger partial charge in [0.1, 0.15) is 75.9 Å². The van der Waals surface area contributed by atoms with Gasteiger partial charge in [-0.3, -0.25) is 0 Å². The molecule has 8 heteroatoms. The van der Waals surface area contributed by atoms with Gasteiger partial charge in [0.15, 0.2) is 0 Å². The van der Waals surface area contributed by atoms with Gasteiger partial charge in [-0.2, -0.15) is 0 Å². The molecule has 60 heavy (non-hydrogen) atoms. The van der Waals surface area contributed by atoms with Crippen LogP contribution in [0.15, 0.2) is 231 Å². The minimum absolute atomic E-state index is 0.676. The highest BCUT2D eigenvalue weighted by molar-refractivity contribution is 8.02. The summed E-state index contributed by atoms with van der Waals surface area (Å²) in [5, 5.41) is 27.4. The lowest BCUT2D eigenvalue weighted by molar-refractivity contribution is -0.366. The molecule has 0 atom stereocenters. The van der Waals surface area contributed by atoms with Crippen LogP contribution < -0.4 is 62.0 Å². The highest BCUT2D eigenvalue weighted by Crippen LogP contribution is 2.55. The molecule has 8 rings (SSSR count). The number of hydrogen-bond acceptors (Lipinski definition) is 4. The fourth-order valence-electron chi connectivity index (χ4n) is 7.56. The van der Waals surface area contributed by atoms with Crippen LogP contribution in [0, 0.1) is 0 Å². The zero-order valence-electron chi connectivity index (χ0n) is 33.8. The van der Waals surface area contributed by atoms with Gasteiger partial charge in [0.05, 0.1) is 13.2 Å². The van der Waals surface area contributed by atoms with E-state index in [1.54, 1.807) is 0 Å². The summed E-state index contributed by atoms with van der Waals surface area (Å²) in [7, 11) is -7.17. The van der Waals surface area contributed by atoms with Crippen molar-refractivity contribution >= 4 is 64.4 Å². The Bertz CT molecular complexity index is 2040. The fourth-order valence-corrected chi connectivity index (χ4v) is 16.1. The van der Waals surface area contributed by atoms with E-state index in [4.69, 9.17) is 19.5 Å². The van der Waals surface area contributed by atoms with Crippen LogP contribution in [0.3, 0.4) is 0 Å². The third-order valence-electron chi connectivity index (χ3n) is 9.93. The molecule has 8 aromatic rings. The van der Waals surface area contributed by atoms with Gasteiger partial charge in [0.2, 0.25) is 0 Å². The van der Waals surface area contributed by atoms with Gasteiger partial charge in [-0.15, -0.1) is 0 Å². The molecule has 0 N–H and O–H groups in total. The molecule has 0 bridgehead atoms. The summed E-state index contributed by atoms with van der Waals surface area (Å²) in [6.07, 6.45) is 0. The zero-order valence-corrected chi connectivity index (χ0v) is 35.6. The van der Waals surface area contributed by atoms with Gasteiger partial charge in [-0.05, 0) is 135 Å². The largest absolute Gasteiger partial charge is 0.867 e. The number of halogens is 1. The topological polar surface area (TPSA) is 64.6 Å². The summed E-state index contributed by atoms with van der Waals surface area (Å²) < 4.78 is 21.3. The second kappa shape index (κ2) is 21.9. The monoisotopic (exact) mass is 828 g/mol. The molecular weight excluding hydrogens is 780 g/mol. The van der Waals surface area contributed by atoms with E-state index in [2.05, 4.69) is 231 Å². The normalized spacial score (nSPS) is 10.9. The average molecular weight is 829 g/mol. The van der Waals surface area contributed by atoms with Gasteiger partial charge >= 0.3 is 0 Å². The first-order valence-corrected chi connectivity index (χ1v) is 23.6. The van der Waals surface area contributed by atoms with Crippen molar-refractivity contribution in [1.82, 2.24) is 0 Å². The van der Waals surface area contributed by atoms with Gasteiger partial charge in [-0.1, -0.05) is 109 Å². The van der Waals surface area contributed by atoms with Crippen LogP contribution in [0.4, 0.5) is 4.32 Å². The molecule has 0 saturated heterocycles. The van der Waals surface area contributed by atoms with E-state index < -0.39 is 21.9 Å². The number of ether oxygens (including phenoxy) is 2. The molecule has 0 unspecified atom stereocenters. The van der Waals surface area contributed by atoms with E-state index in [1.807, 2.05) is 13.8 Å². The van der Waals surface area contributed by atoms with Crippen molar-refractivity contribution in [1.29, 1.82) is 0 Å². The molecule has 0 fully saturated rings. The van der Waals surface area contributed by atoms with Crippen molar-refractivity contribution in [3.8, 4) is 11.5 Å². The molecule has 0 aliphatic heterocycles. The quantitative estimate of drug-likeness (QED) is 0.0978. The molecular formula is C52H48BFO4P2. The molecule has 4 nitrogen and oxygen atoms in total. The van der Waals surface area contributed by atoms with Crippen molar-refractivity contribution in [2.75, 3.05) is 13.2 Å². The molecule has 0 spiro atoms. The van der Waals surface area contributed by atoms with E-state index in [0.29, 0.717) is 13.2 Å². The van der Waals surface area contributed by atoms with E-state index in [9.17, 15) is 4.32 Å². The van der Waals surface area contributed by atoms with Crippen molar-refractivity contribution in [2.45, 2.75) is 13.8 Å². The number of hydrogen-bond donors (Lipinski definition) is 0. The lowest BCUT2D eigenvalue weighted by Crippen LogP contribution is -2.39. The zero-order chi connectivity index (χ0) is 42.0. The van der Waals surface area contributed by atoms with Crippen molar-refractivity contribution < 1.29 is 23.8 Å². The molecule has 0 aromatic heterocycles. The lowest BCUT2D eigenvalue weighted by atomic mass is 10.3. The fraction of sp³-hybridized carbons (Fsp3) is 0.0769. The second-order valence-electron chi connectivity index (χ2n) is 13.5. The molecule has 0 amide bonds. The molecule has 0 radical (unpaired) electrons. The average Bonchev–Trinajstić information content (AvgIpc) is 3.30. The molecule has 0 aliphatic rings. The van der Waals surface area contributed by atoms with Gasteiger partial charge in [0.25, 0.3) is 0 Å². The standard InChI is InChI=1S/2C26H24OP.BFO2/c2*1-2-27-22-18-20-26(21-19-22)28(23-12-6-3-7-13-23,24-14-8-4-9-15-24)25-16-10-5-11-17-25;2-1(3)4/h2*3-21H,2H2,1H3;/q2*+1;-2. The summed E-state index contributed by atoms with van der Waals surface area (Å²) >= 11 is 0. The molecule has 8 aromatic carbocycles. The van der Waals surface area contributed by atoms with E-state index >= 15 is 0 Å². The van der Waals surface area contributed by atoms with E-state index in [1.165, 1.54) is 42.4 Å². The summed E-state index contributed by atoms with van der Waals surface area (Å²) in [6.45, 7) is 5.39. The SMILES string of the molecule is CCOc1ccc([P+](c2ccccc2)(c2ccccc2)c2ccccc2)cc1.CCOc1ccc([P+](c2ccccc2)(c2ccccc2)c2ccccc2)cc1.[O-]B([O-])F.